The Hall–Kier alpha value is -3.26. The van der Waals surface area contributed by atoms with Gasteiger partial charge in [-0.3, -0.25) is 0 Å². The van der Waals surface area contributed by atoms with Crippen molar-refractivity contribution >= 4 is 10.8 Å². The van der Waals surface area contributed by atoms with Gasteiger partial charge in [0.2, 0.25) is 0 Å². The van der Waals surface area contributed by atoms with Gasteiger partial charge in [-0.05, 0) is 35.2 Å². The Balaban J connectivity index is 1.87. The summed E-state index contributed by atoms with van der Waals surface area (Å²) in [5.74, 6) is 2.37. The molecule has 2 nitrogen and oxygen atoms in total. The van der Waals surface area contributed by atoms with Gasteiger partial charge in [0.25, 0.3) is 0 Å². The number of benzene rings is 4. The van der Waals surface area contributed by atoms with Crippen LogP contribution in [0.1, 0.15) is 0 Å². The molecule has 0 bridgehead atoms. The number of fused-ring (bicyclic) bond motifs is 1. The van der Waals surface area contributed by atoms with Gasteiger partial charge in [-0.1, -0.05) is 60.7 Å². The molecule has 4 aromatic carbocycles. The number of hydrogen-bond donors (Lipinski definition) is 0. The molecule has 0 unspecified atom stereocenters. The lowest BCUT2D eigenvalue weighted by Gasteiger charge is -2.14. The van der Waals surface area contributed by atoms with Crippen molar-refractivity contribution in [3.05, 3.63) is 91.0 Å². The molecule has 0 spiro atoms. The van der Waals surface area contributed by atoms with Gasteiger partial charge in [-0.15, -0.1) is 0 Å². The molecule has 0 fully saturated rings. The molecule has 0 aliphatic carbocycles. The summed E-state index contributed by atoms with van der Waals surface area (Å²) in [5, 5.41) is 2.20. The molecule has 0 saturated carbocycles. The van der Waals surface area contributed by atoms with Crippen LogP contribution >= 0.6 is 0 Å². The molecule has 0 atom stereocenters. The molecule has 0 amide bonds. The van der Waals surface area contributed by atoms with Crippen LogP contribution in [0.3, 0.4) is 0 Å². The minimum atomic E-state index is 0.712. The first-order valence-electron chi connectivity index (χ1n) is 8.16. The van der Waals surface area contributed by atoms with Crippen molar-refractivity contribution in [1.82, 2.24) is 0 Å². The quantitative estimate of drug-likeness (QED) is 0.451. The van der Waals surface area contributed by atoms with Gasteiger partial charge in [0.1, 0.15) is 17.2 Å². The summed E-state index contributed by atoms with van der Waals surface area (Å²) in [7, 11) is 1.70. The molecule has 0 N–H and O–H groups in total. The van der Waals surface area contributed by atoms with Crippen LogP contribution in [0.2, 0.25) is 0 Å². The Labute approximate surface area is 147 Å². The summed E-state index contributed by atoms with van der Waals surface area (Å²) in [5.41, 5.74) is 2.10. The van der Waals surface area contributed by atoms with E-state index in [1.807, 2.05) is 60.7 Å². The van der Waals surface area contributed by atoms with Crippen molar-refractivity contribution in [2.45, 2.75) is 0 Å². The molecular formula is C23H17O2. The van der Waals surface area contributed by atoms with Gasteiger partial charge >= 0.3 is 0 Å². The predicted octanol–water partition coefficient (Wildman–Crippen LogP) is 6.11. The van der Waals surface area contributed by atoms with Gasteiger partial charge in [0.15, 0.2) is 0 Å². The van der Waals surface area contributed by atoms with E-state index in [0.717, 1.165) is 33.4 Å². The highest BCUT2D eigenvalue weighted by molar-refractivity contribution is 6.01. The van der Waals surface area contributed by atoms with E-state index in [1.165, 1.54) is 0 Å². The maximum atomic E-state index is 6.08. The summed E-state index contributed by atoms with van der Waals surface area (Å²) in [4.78, 5) is 0. The van der Waals surface area contributed by atoms with Crippen LogP contribution in [0.15, 0.2) is 84.9 Å². The molecule has 25 heavy (non-hydrogen) atoms. The maximum Gasteiger partial charge on any atom is 0.143 e. The summed E-state index contributed by atoms with van der Waals surface area (Å²) in [6, 6.07) is 31.2. The second-order valence-corrected chi connectivity index (χ2v) is 5.69. The highest BCUT2D eigenvalue weighted by Crippen LogP contribution is 2.39. The Morgan fingerprint density at radius 1 is 0.680 bits per heavy atom. The number of rotatable bonds is 4. The van der Waals surface area contributed by atoms with Crippen molar-refractivity contribution < 1.29 is 9.47 Å². The van der Waals surface area contributed by atoms with Crippen molar-refractivity contribution in [1.29, 1.82) is 0 Å². The predicted molar refractivity (Wildman–Crippen MR) is 101 cm³/mol. The normalized spacial score (nSPS) is 10.6. The highest BCUT2D eigenvalue weighted by atomic mass is 16.5. The minimum Gasteiger partial charge on any atom is -0.496 e. The van der Waals surface area contributed by atoms with Crippen LogP contribution in [0.5, 0.6) is 17.2 Å². The minimum absolute atomic E-state index is 0.712. The first-order chi connectivity index (χ1) is 12.4. The molecule has 0 saturated heterocycles. The summed E-state index contributed by atoms with van der Waals surface area (Å²) < 4.78 is 11.6. The molecule has 121 valence electrons. The number of ether oxygens (including phenoxy) is 2. The molecule has 4 aromatic rings. The number of methoxy groups -OCH3 is 1. The molecule has 0 aromatic heterocycles. The second kappa shape index (κ2) is 6.70. The fourth-order valence-corrected chi connectivity index (χ4v) is 3.01. The lowest BCUT2D eigenvalue weighted by molar-refractivity contribution is 0.420. The standard InChI is InChI=1S/C23H17O2/c1-24-22-16-15-19(18-11-5-6-12-20(18)22)21-13-7-8-14-23(21)25-17-9-3-2-4-10-17/h2-13,15-16H,1H3. The first kappa shape index (κ1) is 15.3. The van der Waals surface area contributed by atoms with E-state index < -0.39 is 0 Å². The fourth-order valence-electron chi connectivity index (χ4n) is 3.01. The molecule has 2 heteroatoms. The van der Waals surface area contributed by atoms with E-state index in [-0.39, 0.29) is 0 Å². The fraction of sp³-hybridized carbons (Fsp3) is 0.0435. The third-order valence-electron chi connectivity index (χ3n) is 4.18. The second-order valence-electron chi connectivity index (χ2n) is 5.69. The van der Waals surface area contributed by atoms with Crippen molar-refractivity contribution in [3.8, 4) is 28.4 Å². The summed E-state index contributed by atoms with van der Waals surface area (Å²) in [6.45, 7) is 0. The van der Waals surface area contributed by atoms with E-state index in [1.54, 1.807) is 7.11 Å². The van der Waals surface area contributed by atoms with Crippen molar-refractivity contribution in [2.24, 2.45) is 0 Å². The zero-order valence-corrected chi connectivity index (χ0v) is 13.9. The molecule has 0 heterocycles. The van der Waals surface area contributed by atoms with E-state index in [2.05, 4.69) is 30.3 Å². The Bertz CT molecular complexity index is 1010. The topological polar surface area (TPSA) is 18.5 Å². The molecule has 1 radical (unpaired) electrons. The monoisotopic (exact) mass is 325 g/mol. The Kier molecular flexibility index (Phi) is 4.09. The third kappa shape index (κ3) is 2.94. The summed E-state index contributed by atoms with van der Waals surface area (Å²) in [6.07, 6.45) is 0. The van der Waals surface area contributed by atoms with Gasteiger partial charge in [0, 0.05) is 17.0 Å². The number of hydrogen-bond acceptors (Lipinski definition) is 2. The summed E-state index contributed by atoms with van der Waals surface area (Å²) >= 11 is 0. The molecule has 0 aliphatic rings. The van der Waals surface area contributed by atoms with E-state index in [9.17, 15) is 0 Å². The van der Waals surface area contributed by atoms with Crippen LogP contribution in [-0.4, -0.2) is 7.11 Å². The lowest BCUT2D eigenvalue weighted by Crippen LogP contribution is -1.91. The van der Waals surface area contributed by atoms with Crippen LogP contribution < -0.4 is 9.47 Å². The molecule has 4 rings (SSSR count). The van der Waals surface area contributed by atoms with E-state index in [0.29, 0.717) is 5.75 Å². The zero-order chi connectivity index (χ0) is 17.1. The van der Waals surface area contributed by atoms with Crippen LogP contribution in [0.25, 0.3) is 21.9 Å². The van der Waals surface area contributed by atoms with Gasteiger partial charge < -0.3 is 9.47 Å². The van der Waals surface area contributed by atoms with E-state index in [4.69, 9.17) is 9.47 Å². The SMILES string of the molecule is COc1ccc(-c2ccc[c]c2Oc2ccccc2)c2ccccc12. The van der Waals surface area contributed by atoms with Crippen molar-refractivity contribution in [3.63, 3.8) is 0 Å². The number of para-hydroxylation sites is 2. The van der Waals surface area contributed by atoms with Gasteiger partial charge in [0.05, 0.1) is 7.11 Å². The average Bonchev–Trinajstić information content (AvgIpc) is 2.68. The first-order valence-corrected chi connectivity index (χ1v) is 8.16. The highest BCUT2D eigenvalue weighted by Gasteiger charge is 2.12. The molecular weight excluding hydrogens is 308 g/mol. The van der Waals surface area contributed by atoms with E-state index >= 15 is 0 Å². The van der Waals surface area contributed by atoms with Crippen molar-refractivity contribution in [2.75, 3.05) is 7.11 Å². The average molecular weight is 325 g/mol. The van der Waals surface area contributed by atoms with Crippen LogP contribution in [0.4, 0.5) is 0 Å². The smallest absolute Gasteiger partial charge is 0.143 e. The largest absolute Gasteiger partial charge is 0.496 e. The van der Waals surface area contributed by atoms with Crippen LogP contribution in [0, 0.1) is 6.07 Å². The molecule has 0 aliphatic heterocycles. The van der Waals surface area contributed by atoms with Gasteiger partial charge in [-0.2, -0.15) is 0 Å². The maximum absolute atomic E-state index is 6.08. The van der Waals surface area contributed by atoms with Gasteiger partial charge in [-0.25, -0.2) is 0 Å². The third-order valence-corrected chi connectivity index (χ3v) is 4.18. The Morgan fingerprint density at radius 3 is 2.24 bits per heavy atom. The Morgan fingerprint density at radius 2 is 1.44 bits per heavy atom. The van der Waals surface area contributed by atoms with Crippen LogP contribution in [-0.2, 0) is 0 Å². The lowest BCUT2D eigenvalue weighted by atomic mass is 9.97. The zero-order valence-electron chi connectivity index (χ0n) is 13.9.